The van der Waals surface area contributed by atoms with E-state index in [0.717, 1.165) is 31.8 Å². The van der Waals surface area contributed by atoms with E-state index in [0.29, 0.717) is 18.8 Å². The van der Waals surface area contributed by atoms with Crippen molar-refractivity contribution in [2.24, 2.45) is 0 Å². The van der Waals surface area contributed by atoms with Crippen LogP contribution in [0.2, 0.25) is 0 Å². The molecule has 0 aliphatic carbocycles. The maximum Gasteiger partial charge on any atom is 0.122 e. The van der Waals surface area contributed by atoms with Crippen LogP contribution in [0.1, 0.15) is 25.0 Å². The van der Waals surface area contributed by atoms with E-state index in [1.807, 2.05) is 6.08 Å². The summed E-state index contributed by atoms with van der Waals surface area (Å²) < 4.78 is 11.7. The van der Waals surface area contributed by atoms with Gasteiger partial charge >= 0.3 is 0 Å². The molecule has 0 saturated carbocycles. The average molecular weight is 289 g/mol. The fraction of sp³-hybridized carbons (Fsp3) is 0.556. The zero-order valence-corrected chi connectivity index (χ0v) is 13.5. The Morgan fingerprint density at radius 3 is 2.71 bits per heavy atom. The third-order valence-corrected chi connectivity index (χ3v) is 3.74. The molecule has 1 fully saturated rings. The molecular weight excluding hydrogens is 262 g/mol. The molecule has 0 aromatic heterocycles. The van der Waals surface area contributed by atoms with Crippen LogP contribution in [0.15, 0.2) is 30.9 Å². The lowest BCUT2D eigenvalue weighted by Gasteiger charge is -2.35. The number of ether oxygens (including phenoxy) is 2. The Morgan fingerprint density at radius 1 is 1.33 bits per heavy atom. The zero-order chi connectivity index (χ0) is 15.2. The SMILES string of the molecule is C=CCc1cc(C)ccc1OCCN1C[C@@H](C)O[C@H](C)C1. The highest BCUT2D eigenvalue weighted by Gasteiger charge is 2.21. The molecule has 0 amide bonds. The van der Waals surface area contributed by atoms with E-state index in [4.69, 9.17) is 9.47 Å². The Balaban J connectivity index is 1.87. The van der Waals surface area contributed by atoms with Crippen molar-refractivity contribution in [3.05, 3.63) is 42.0 Å². The number of morpholine rings is 1. The number of hydrogen-bond donors (Lipinski definition) is 0. The van der Waals surface area contributed by atoms with Crippen LogP contribution < -0.4 is 4.74 Å². The first-order valence-corrected chi connectivity index (χ1v) is 7.79. The van der Waals surface area contributed by atoms with Crippen LogP contribution in [-0.4, -0.2) is 43.3 Å². The van der Waals surface area contributed by atoms with Gasteiger partial charge in [-0.05, 0) is 38.8 Å². The van der Waals surface area contributed by atoms with Crippen molar-refractivity contribution >= 4 is 0 Å². The first-order chi connectivity index (χ1) is 10.1. The molecule has 3 nitrogen and oxygen atoms in total. The van der Waals surface area contributed by atoms with Gasteiger partial charge in [0.2, 0.25) is 0 Å². The number of nitrogens with zero attached hydrogens (tertiary/aromatic N) is 1. The second kappa shape index (κ2) is 7.62. The summed E-state index contributed by atoms with van der Waals surface area (Å²) in [6.07, 6.45) is 3.39. The van der Waals surface area contributed by atoms with Crippen LogP contribution in [0.4, 0.5) is 0 Å². The molecule has 1 aliphatic rings. The molecule has 1 aromatic carbocycles. The first-order valence-electron chi connectivity index (χ1n) is 7.79. The van der Waals surface area contributed by atoms with Gasteiger partial charge in [0.25, 0.3) is 0 Å². The van der Waals surface area contributed by atoms with Gasteiger partial charge in [-0.3, -0.25) is 4.90 Å². The van der Waals surface area contributed by atoms with Crippen molar-refractivity contribution in [1.82, 2.24) is 4.90 Å². The van der Waals surface area contributed by atoms with Crippen LogP contribution in [0, 0.1) is 6.92 Å². The second-order valence-corrected chi connectivity index (χ2v) is 5.97. The van der Waals surface area contributed by atoms with Gasteiger partial charge in [0, 0.05) is 19.6 Å². The van der Waals surface area contributed by atoms with Crippen LogP contribution in [0.3, 0.4) is 0 Å². The van der Waals surface area contributed by atoms with Gasteiger partial charge in [-0.15, -0.1) is 6.58 Å². The number of benzene rings is 1. The standard InChI is InChI=1S/C18H27NO2/c1-5-6-17-11-14(2)7-8-18(17)20-10-9-19-12-15(3)21-16(4)13-19/h5,7-8,11,15-16H,1,6,9-10,12-13H2,2-4H3/t15-,16-/m1/s1. The summed E-state index contributed by atoms with van der Waals surface area (Å²) in [6, 6.07) is 6.34. The Labute approximate surface area is 128 Å². The highest BCUT2D eigenvalue weighted by molar-refractivity contribution is 5.38. The van der Waals surface area contributed by atoms with Crippen LogP contribution in [-0.2, 0) is 11.2 Å². The zero-order valence-electron chi connectivity index (χ0n) is 13.5. The molecule has 0 N–H and O–H groups in total. The summed E-state index contributed by atoms with van der Waals surface area (Å²) in [7, 11) is 0. The van der Waals surface area contributed by atoms with Crippen molar-refractivity contribution < 1.29 is 9.47 Å². The van der Waals surface area contributed by atoms with Gasteiger partial charge in [0.1, 0.15) is 12.4 Å². The van der Waals surface area contributed by atoms with Crippen LogP contribution >= 0.6 is 0 Å². The van der Waals surface area contributed by atoms with Gasteiger partial charge in [0.05, 0.1) is 12.2 Å². The molecule has 0 unspecified atom stereocenters. The molecule has 21 heavy (non-hydrogen) atoms. The fourth-order valence-corrected chi connectivity index (χ4v) is 2.92. The van der Waals surface area contributed by atoms with E-state index in [-0.39, 0.29) is 0 Å². The molecule has 1 aliphatic heterocycles. The fourth-order valence-electron chi connectivity index (χ4n) is 2.92. The molecule has 1 saturated heterocycles. The van der Waals surface area contributed by atoms with Crippen molar-refractivity contribution in [1.29, 1.82) is 0 Å². The minimum absolute atomic E-state index is 0.310. The van der Waals surface area contributed by atoms with E-state index in [1.165, 1.54) is 11.1 Å². The highest BCUT2D eigenvalue weighted by atomic mass is 16.5. The monoisotopic (exact) mass is 289 g/mol. The molecule has 3 heteroatoms. The highest BCUT2D eigenvalue weighted by Crippen LogP contribution is 2.21. The summed E-state index contributed by atoms with van der Waals surface area (Å²) >= 11 is 0. The quantitative estimate of drug-likeness (QED) is 0.751. The van der Waals surface area contributed by atoms with Gasteiger partial charge in [-0.1, -0.05) is 23.8 Å². The van der Waals surface area contributed by atoms with E-state index < -0.39 is 0 Å². The molecule has 1 heterocycles. The minimum Gasteiger partial charge on any atom is -0.492 e. The Morgan fingerprint density at radius 2 is 2.05 bits per heavy atom. The summed E-state index contributed by atoms with van der Waals surface area (Å²) in [5, 5.41) is 0. The van der Waals surface area contributed by atoms with Gasteiger partial charge in [-0.2, -0.15) is 0 Å². The van der Waals surface area contributed by atoms with E-state index in [2.05, 4.69) is 50.4 Å². The van der Waals surface area contributed by atoms with Crippen molar-refractivity contribution in [3.8, 4) is 5.75 Å². The van der Waals surface area contributed by atoms with Crippen molar-refractivity contribution in [3.63, 3.8) is 0 Å². The maximum absolute atomic E-state index is 5.99. The lowest BCUT2D eigenvalue weighted by Crippen LogP contribution is -2.46. The van der Waals surface area contributed by atoms with E-state index in [1.54, 1.807) is 0 Å². The van der Waals surface area contributed by atoms with Crippen LogP contribution in [0.5, 0.6) is 5.75 Å². The maximum atomic E-state index is 5.99. The molecule has 1 aromatic rings. The number of aryl methyl sites for hydroxylation is 1. The minimum atomic E-state index is 0.310. The molecule has 116 valence electrons. The van der Waals surface area contributed by atoms with Gasteiger partial charge < -0.3 is 9.47 Å². The topological polar surface area (TPSA) is 21.7 Å². The summed E-state index contributed by atoms with van der Waals surface area (Å²) in [6.45, 7) is 13.8. The average Bonchev–Trinajstić information content (AvgIpc) is 2.40. The number of hydrogen-bond acceptors (Lipinski definition) is 3. The first kappa shape index (κ1) is 16.1. The third-order valence-electron chi connectivity index (χ3n) is 3.74. The molecule has 0 spiro atoms. The normalized spacial score (nSPS) is 23.0. The molecule has 2 atom stereocenters. The number of allylic oxidation sites excluding steroid dienone is 1. The Bertz CT molecular complexity index is 462. The van der Waals surface area contributed by atoms with Crippen LogP contribution in [0.25, 0.3) is 0 Å². The largest absolute Gasteiger partial charge is 0.492 e. The summed E-state index contributed by atoms with van der Waals surface area (Å²) in [5.74, 6) is 0.981. The predicted molar refractivity (Wildman–Crippen MR) is 87.0 cm³/mol. The second-order valence-electron chi connectivity index (χ2n) is 5.97. The van der Waals surface area contributed by atoms with E-state index in [9.17, 15) is 0 Å². The lowest BCUT2D eigenvalue weighted by molar-refractivity contribution is -0.0699. The molecule has 0 bridgehead atoms. The van der Waals surface area contributed by atoms with Gasteiger partial charge in [-0.25, -0.2) is 0 Å². The summed E-state index contributed by atoms with van der Waals surface area (Å²) in [4.78, 5) is 2.42. The number of rotatable bonds is 6. The molecule has 2 rings (SSSR count). The summed E-state index contributed by atoms with van der Waals surface area (Å²) in [5.41, 5.74) is 2.48. The van der Waals surface area contributed by atoms with Crippen molar-refractivity contribution in [2.45, 2.75) is 39.4 Å². The van der Waals surface area contributed by atoms with Gasteiger partial charge in [0.15, 0.2) is 0 Å². The Hall–Kier alpha value is -1.32. The smallest absolute Gasteiger partial charge is 0.122 e. The van der Waals surface area contributed by atoms with Crippen molar-refractivity contribution in [2.75, 3.05) is 26.2 Å². The van der Waals surface area contributed by atoms with E-state index >= 15 is 0 Å². The third kappa shape index (κ3) is 4.87. The molecule has 0 radical (unpaired) electrons. The predicted octanol–water partition coefficient (Wildman–Crippen LogP) is 3.21. The lowest BCUT2D eigenvalue weighted by atomic mass is 10.1. The Kier molecular flexibility index (Phi) is 5.83. The molecular formula is C18H27NO2.